The summed E-state index contributed by atoms with van der Waals surface area (Å²) in [5, 5.41) is 28.7. The van der Waals surface area contributed by atoms with Crippen molar-refractivity contribution in [2.75, 3.05) is 37.7 Å². The minimum Gasteiger partial charge on any atom is -0.395 e. The Kier molecular flexibility index (Phi) is 9.02. The van der Waals surface area contributed by atoms with E-state index in [0.29, 0.717) is 35.9 Å². The van der Waals surface area contributed by atoms with Crippen LogP contribution in [0.1, 0.15) is 0 Å². The molecular weight excluding hydrogens is 574 g/mol. The number of imidazole rings is 2. The Labute approximate surface area is 248 Å². The van der Waals surface area contributed by atoms with Crippen LogP contribution in [0.3, 0.4) is 0 Å². The van der Waals surface area contributed by atoms with Crippen LogP contribution in [0.4, 0.5) is 11.6 Å². The zero-order valence-corrected chi connectivity index (χ0v) is 23.3. The number of hydrogen-bond acceptors (Lipinski definition) is 14. The number of nitrogens with two attached hydrogens (primary N) is 3. The summed E-state index contributed by atoms with van der Waals surface area (Å²) in [5.74, 6) is 0.631. The van der Waals surface area contributed by atoms with Gasteiger partial charge in [0.15, 0.2) is 34.7 Å². The molecule has 0 saturated heterocycles. The van der Waals surface area contributed by atoms with Crippen LogP contribution in [-0.4, -0.2) is 82.9 Å². The summed E-state index contributed by atoms with van der Waals surface area (Å²) < 4.78 is 12.6. The van der Waals surface area contributed by atoms with Crippen molar-refractivity contribution in [3.63, 3.8) is 0 Å². The zero-order valence-electron chi connectivity index (χ0n) is 23.3. The molecule has 6 rings (SSSR count). The fraction of sp³-hybridized carbons (Fsp3) is 0.231. The van der Waals surface area contributed by atoms with Crippen LogP contribution in [0.25, 0.3) is 45.1 Å². The molecule has 2 aromatic carbocycles. The Morgan fingerprint density at radius 1 is 0.727 bits per heavy atom. The van der Waals surface area contributed by atoms with E-state index in [-0.39, 0.29) is 55.4 Å². The van der Waals surface area contributed by atoms with E-state index in [0.717, 1.165) is 16.6 Å². The van der Waals surface area contributed by atoms with Crippen LogP contribution in [0.15, 0.2) is 57.8 Å². The number of carbonyl (C=O) groups excluding carboxylic acids is 2. The third-order valence-electron chi connectivity index (χ3n) is 6.26. The van der Waals surface area contributed by atoms with Crippen molar-refractivity contribution in [3.05, 3.63) is 48.5 Å². The summed E-state index contributed by atoms with van der Waals surface area (Å²) in [5.41, 5.74) is 20.4. The van der Waals surface area contributed by atoms with Crippen LogP contribution in [0.2, 0.25) is 0 Å². The van der Waals surface area contributed by atoms with Gasteiger partial charge >= 0.3 is 0 Å². The molecule has 18 heteroatoms. The average molecular weight is 604 g/mol. The summed E-state index contributed by atoms with van der Waals surface area (Å²) in [7, 11) is 0. The summed E-state index contributed by atoms with van der Waals surface area (Å²) in [6, 6.07) is 14.8. The molecule has 0 aliphatic carbocycles. The third-order valence-corrected chi connectivity index (χ3v) is 6.26. The second kappa shape index (κ2) is 13.4. The molecule has 4 heterocycles. The number of nitrogens with zero attached hydrogens (tertiary/aromatic N) is 8. The predicted octanol–water partition coefficient (Wildman–Crippen LogP) is -0.480. The largest absolute Gasteiger partial charge is 0.395 e. The van der Waals surface area contributed by atoms with Gasteiger partial charge in [-0.25, -0.2) is 19.2 Å². The van der Waals surface area contributed by atoms with E-state index in [1.165, 1.54) is 0 Å². The number of para-hydroxylation sites is 4. The van der Waals surface area contributed by atoms with Crippen LogP contribution >= 0.6 is 0 Å². The normalized spacial score (nSPS) is 11.0. The van der Waals surface area contributed by atoms with Crippen LogP contribution in [-0.2, 0) is 22.7 Å². The first-order chi connectivity index (χ1) is 21.4. The smallest absolute Gasteiger partial charge is 0.240 e. The number of aromatic nitrogens is 8. The van der Waals surface area contributed by atoms with Gasteiger partial charge < -0.3 is 42.1 Å². The monoisotopic (exact) mass is 603 g/mol. The SMILES string of the molecule is NCCNC(=O)Cn1c(-c2nonc2N)nc2ccccc21.Nc1nonc1-c1nc2ccccc2n1CC(=O)NCCO. The molecule has 4 aromatic heterocycles. The Bertz CT molecular complexity index is 1750. The van der Waals surface area contributed by atoms with Gasteiger partial charge in [0.25, 0.3) is 0 Å². The Hall–Kier alpha value is -5.88. The molecule has 0 aliphatic rings. The number of anilines is 2. The number of nitrogens with one attached hydrogen (secondary N) is 2. The summed E-state index contributed by atoms with van der Waals surface area (Å²) in [4.78, 5) is 32.9. The first-order valence-corrected chi connectivity index (χ1v) is 13.3. The minimum absolute atomic E-state index is 0.0160. The molecule has 9 N–H and O–H groups in total. The van der Waals surface area contributed by atoms with E-state index < -0.39 is 0 Å². The molecule has 0 saturated carbocycles. The third kappa shape index (κ3) is 6.30. The Morgan fingerprint density at radius 2 is 1.18 bits per heavy atom. The van der Waals surface area contributed by atoms with Gasteiger partial charge in [-0.05, 0) is 44.9 Å². The van der Waals surface area contributed by atoms with Crippen molar-refractivity contribution >= 4 is 45.5 Å². The molecule has 18 nitrogen and oxygen atoms in total. The molecule has 0 aliphatic heterocycles. The van der Waals surface area contributed by atoms with Gasteiger partial charge in [0.2, 0.25) is 11.8 Å². The van der Waals surface area contributed by atoms with E-state index in [2.05, 4.69) is 50.5 Å². The van der Waals surface area contributed by atoms with Gasteiger partial charge in [0, 0.05) is 19.6 Å². The number of carbonyl (C=O) groups is 2. The standard InChI is InChI=1S/C13H15N7O2.C13H14N6O3/c14-5-6-16-10(21)7-20-9-4-2-1-3-8(9)17-13(20)11-12(15)19-22-18-11;14-12-11(17-22-18-12)13-16-8-3-1-2-4-9(8)19(13)7-10(21)15-5-6-20/h1-4H,5-7,14H2,(H2,15,19)(H,16,21);1-4,20H,5-7H2,(H2,14,18)(H,15,21). The van der Waals surface area contributed by atoms with E-state index in [1.54, 1.807) is 9.13 Å². The highest BCUT2D eigenvalue weighted by molar-refractivity contribution is 5.86. The molecule has 0 fully saturated rings. The van der Waals surface area contributed by atoms with Crippen molar-refractivity contribution in [1.82, 2.24) is 50.4 Å². The van der Waals surface area contributed by atoms with Crippen LogP contribution < -0.4 is 27.8 Å². The van der Waals surface area contributed by atoms with Crippen molar-refractivity contribution in [1.29, 1.82) is 0 Å². The van der Waals surface area contributed by atoms with Gasteiger partial charge in [-0.15, -0.1) is 0 Å². The zero-order chi connectivity index (χ0) is 31.1. The maximum atomic E-state index is 12.0. The number of aliphatic hydroxyl groups is 1. The molecule has 228 valence electrons. The topological polar surface area (TPSA) is 270 Å². The lowest BCUT2D eigenvalue weighted by Gasteiger charge is -2.08. The van der Waals surface area contributed by atoms with Crippen molar-refractivity contribution < 1.29 is 24.0 Å². The number of benzene rings is 2. The van der Waals surface area contributed by atoms with Gasteiger partial charge in [0.05, 0.1) is 28.7 Å². The lowest BCUT2D eigenvalue weighted by atomic mass is 10.3. The quantitative estimate of drug-likeness (QED) is 0.115. The summed E-state index contributed by atoms with van der Waals surface area (Å²) in [6.45, 7) is 0.944. The second-order valence-corrected chi connectivity index (χ2v) is 9.23. The predicted molar refractivity (Wildman–Crippen MR) is 157 cm³/mol. The fourth-order valence-electron chi connectivity index (χ4n) is 4.34. The Balaban J connectivity index is 0.000000175. The number of aliphatic hydroxyl groups excluding tert-OH is 1. The van der Waals surface area contributed by atoms with Crippen molar-refractivity contribution in [2.24, 2.45) is 5.73 Å². The van der Waals surface area contributed by atoms with Gasteiger partial charge in [0.1, 0.15) is 13.1 Å². The number of fused-ring (bicyclic) bond motifs is 2. The molecule has 0 bridgehead atoms. The van der Waals surface area contributed by atoms with Gasteiger partial charge in [-0.1, -0.05) is 24.3 Å². The number of nitrogen functional groups attached to an aromatic ring is 2. The number of amides is 2. The van der Waals surface area contributed by atoms with E-state index in [4.69, 9.17) is 22.3 Å². The average Bonchev–Trinajstić information content (AvgIpc) is 3.81. The molecule has 2 amide bonds. The second-order valence-electron chi connectivity index (χ2n) is 9.23. The van der Waals surface area contributed by atoms with E-state index in [9.17, 15) is 9.59 Å². The molecule has 0 unspecified atom stereocenters. The van der Waals surface area contributed by atoms with Crippen LogP contribution in [0.5, 0.6) is 0 Å². The summed E-state index contributed by atoms with van der Waals surface area (Å²) >= 11 is 0. The number of hydrogen-bond donors (Lipinski definition) is 6. The van der Waals surface area contributed by atoms with Crippen LogP contribution in [0, 0.1) is 0 Å². The van der Waals surface area contributed by atoms with E-state index in [1.807, 2.05) is 48.5 Å². The highest BCUT2D eigenvalue weighted by atomic mass is 16.6. The molecule has 0 atom stereocenters. The number of rotatable bonds is 10. The molecule has 0 radical (unpaired) electrons. The highest BCUT2D eigenvalue weighted by Crippen LogP contribution is 2.27. The summed E-state index contributed by atoms with van der Waals surface area (Å²) in [6.07, 6.45) is 0. The fourth-order valence-corrected chi connectivity index (χ4v) is 4.34. The van der Waals surface area contributed by atoms with Crippen molar-refractivity contribution in [2.45, 2.75) is 13.1 Å². The maximum Gasteiger partial charge on any atom is 0.240 e. The molecule has 0 spiro atoms. The van der Waals surface area contributed by atoms with E-state index >= 15 is 0 Å². The van der Waals surface area contributed by atoms with Gasteiger partial charge in [-0.3, -0.25) is 9.59 Å². The molecule has 6 aromatic rings. The highest BCUT2D eigenvalue weighted by Gasteiger charge is 2.21. The maximum absolute atomic E-state index is 12.0. The van der Waals surface area contributed by atoms with Gasteiger partial charge in [-0.2, -0.15) is 0 Å². The lowest BCUT2D eigenvalue weighted by molar-refractivity contribution is -0.122. The first-order valence-electron chi connectivity index (χ1n) is 13.3. The minimum atomic E-state index is -0.256. The first kappa shape index (κ1) is 29.6. The Morgan fingerprint density at radius 3 is 1.59 bits per heavy atom. The molecular formula is C26H29N13O5. The molecule has 44 heavy (non-hydrogen) atoms. The van der Waals surface area contributed by atoms with Crippen molar-refractivity contribution in [3.8, 4) is 23.0 Å². The lowest BCUT2D eigenvalue weighted by Crippen LogP contribution is -2.32.